The molecule has 0 aromatic heterocycles. The van der Waals surface area contributed by atoms with Crippen molar-refractivity contribution in [2.45, 2.75) is 12.3 Å². The van der Waals surface area contributed by atoms with Gasteiger partial charge in [0, 0.05) is 18.7 Å². The van der Waals surface area contributed by atoms with Crippen LogP contribution in [-0.4, -0.2) is 29.1 Å². The molecule has 4 nitrogen and oxygen atoms in total. The van der Waals surface area contributed by atoms with Crippen LogP contribution in [0.4, 0.5) is 8.78 Å². The van der Waals surface area contributed by atoms with E-state index >= 15 is 0 Å². The maximum atomic E-state index is 13.4. The van der Waals surface area contributed by atoms with Gasteiger partial charge in [0.1, 0.15) is 0 Å². The van der Waals surface area contributed by atoms with E-state index in [4.69, 9.17) is 4.74 Å². The summed E-state index contributed by atoms with van der Waals surface area (Å²) in [4.78, 5) is 14.0. The van der Waals surface area contributed by atoms with Gasteiger partial charge < -0.3 is 14.7 Å². The molecule has 1 saturated heterocycles. The first-order valence-corrected chi connectivity index (χ1v) is 7.16. The van der Waals surface area contributed by atoms with E-state index in [0.29, 0.717) is 13.1 Å². The molecule has 1 atom stereocenters. The van der Waals surface area contributed by atoms with E-state index in [9.17, 15) is 18.7 Å². The van der Waals surface area contributed by atoms with Crippen molar-refractivity contribution in [1.29, 1.82) is 0 Å². The molecule has 6 heteroatoms. The molecule has 1 aliphatic rings. The van der Waals surface area contributed by atoms with E-state index < -0.39 is 23.3 Å². The first-order valence-electron chi connectivity index (χ1n) is 7.16. The summed E-state index contributed by atoms with van der Waals surface area (Å²) in [6.07, 6.45) is 0. The normalized spacial score (nSPS) is 21.5. The molecule has 3 rings (SSSR count). The number of ether oxygens (including phenoxy) is 1. The van der Waals surface area contributed by atoms with Gasteiger partial charge in [0.15, 0.2) is 11.6 Å². The third-order valence-electron chi connectivity index (χ3n) is 3.78. The van der Waals surface area contributed by atoms with Gasteiger partial charge in [0.05, 0.1) is 6.61 Å². The SMILES string of the molecule is O=C1N(Cc2ccccc2)CCOC1(O)c1ccc(F)c(F)c1. The van der Waals surface area contributed by atoms with E-state index in [1.54, 1.807) is 0 Å². The van der Waals surface area contributed by atoms with Gasteiger partial charge in [-0.15, -0.1) is 0 Å². The predicted octanol–water partition coefficient (Wildman–Crippen LogP) is 2.17. The Kier molecular flexibility index (Phi) is 4.11. The fourth-order valence-electron chi connectivity index (χ4n) is 2.55. The molecule has 0 spiro atoms. The van der Waals surface area contributed by atoms with Gasteiger partial charge in [-0.05, 0) is 23.8 Å². The van der Waals surface area contributed by atoms with Crippen molar-refractivity contribution < 1.29 is 23.4 Å². The quantitative estimate of drug-likeness (QED) is 0.943. The van der Waals surface area contributed by atoms with Crippen LogP contribution in [0.3, 0.4) is 0 Å². The molecule has 2 aromatic rings. The molecular formula is C17H15F2NO3. The van der Waals surface area contributed by atoms with Gasteiger partial charge in [-0.2, -0.15) is 0 Å². The number of amides is 1. The van der Waals surface area contributed by atoms with Gasteiger partial charge in [-0.3, -0.25) is 4.79 Å². The molecule has 0 aliphatic carbocycles. The number of hydrogen-bond donors (Lipinski definition) is 1. The highest BCUT2D eigenvalue weighted by Crippen LogP contribution is 2.30. The molecule has 2 aromatic carbocycles. The molecule has 1 heterocycles. The summed E-state index contributed by atoms with van der Waals surface area (Å²) in [7, 11) is 0. The Morgan fingerprint density at radius 3 is 2.57 bits per heavy atom. The van der Waals surface area contributed by atoms with Crippen molar-refractivity contribution in [1.82, 2.24) is 4.90 Å². The van der Waals surface area contributed by atoms with Crippen LogP contribution in [0, 0.1) is 11.6 Å². The Bertz CT molecular complexity index is 723. The van der Waals surface area contributed by atoms with Crippen LogP contribution in [0.1, 0.15) is 11.1 Å². The van der Waals surface area contributed by atoms with Crippen LogP contribution in [0.2, 0.25) is 0 Å². The highest BCUT2D eigenvalue weighted by Gasteiger charge is 2.45. The van der Waals surface area contributed by atoms with Crippen molar-refractivity contribution in [3.8, 4) is 0 Å². The molecule has 0 radical (unpaired) electrons. The Morgan fingerprint density at radius 1 is 1.13 bits per heavy atom. The van der Waals surface area contributed by atoms with Crippen LogP contribution in [0.25, 0.3) is 0 Å². The minimum Gasteiger partial charge on any atom is -0.354 e. The fourth-order valence-corrected chi connectivity index (χ4v) is 2.55. The van der Waals surface area contributed by atoms with Crippen molar-refractivity contribution in [2.75, 3.05) is 13.2 Å². The van der Waals surface area contributed by atoms with Crippen LogP contribution >= 0.6 is 0 Å². The average molecular weight is 319 g/mol. The molecule has 0 saturated carbocycles. The van der Waals surface area contributed by atoms with Crippen molar-refractivity contribution >= 4 is 5.91 Å². The minimum atomic E-state index is -2.30. The lowest BCUT2D eigenvalue weighted by atomic mass is 10.0. The van der Waals surface area contributed by atoms with Crippen LogP contribution in [0.15, 0.2) is 48.5 Å². The lowest BCUT2D eigenvalue weighted by molar-refractivity contribution is -0.240. The number of hydrogen-bond acceptors (Lipinski definition) is 3. The topological polar surface area (TPSA) is 49.8 Å². The zero-order valence-corrected chi connectivity index (χ0v) is 12.2. The second kappa shape index (κ2) is 6.06. The second-order valence-electron chi connectivity index (χ2n) is 5.33. The number of halogens is 2. The van der Waals surface area contributed by atoms with E-state index in [1.807, 2.05) is 30.3 Å². The smallest absolute Gasteiger partial charge is 0.288 e. The summed E-state index contributed by atoms with van der Waals surface area (Å²) in [6.45, 7) is 0.697. The van der Waals surface area contributed by atoms with Crippen molar-refractivity contribution in [3.63, 3.8) is 0 Å². The van der Waals surface area contributed by atoms with Crippen molar-refractivity contribution in [3.05, 3.63) is 71.3 Å². The summed E-state index contributed by atoms with van der Waals surface area (Å²) in [5, 5.41) is 10.6. The predicted molar refractivity (Wildman–Crippen MR) is 78.1 cm³/mol. The summed E-state index contributed by atoms with van der Waals surface area (Å²) < 4.78 is 31.7. The van der Waals surface area contributed by atoms with Crippen LogP contribution in [-0.2, 0) is 21.9 Å². The molecular weight excluding hydrogens is 304 g/mol. The van der Waals surface area contributed by atoms with E-state index in [2.05, 4.69) is 0 Å². The highest BCUT2D eigenvalue weighted by molar-refractivity contribution is 5.85. The van der Waals surface area contributed by atoms with E-state index in [0.717, 1.165) is 23.8 Å². The lowest BCUT2D eigenvalue weighted by Crippen LogP contribution is -2.54. The first-order chi connectivity index (χ1) is 11.0. The summed E-state index contributed by atoms with van der Waals surface area (Å²) in [6, 6.07) is 12.1. The number of nitrogens with zero attached hydrogens (tertiary/aromatic N) is 1. The molecule has 1 N–H and O–H groups in total. The maximum absolute atomic E-state index is 13.4. The average Bonchev–Trinajstić information content (AvgIpc) is 2.55. The maximum Gasteiger partial charge on any atom is 0.288 e. The van der Waals surface area contributed by atoms with Gasteiger partial charge in [-0.1, -0.05) is 30.3 Å². The van der Waals surface area contributed by atoms with Crippen LogP contribution in [0.5, 0.6) is 0 Å². The largest absolute Gasteiger partial charge is 0.354 e. The Hall–Kier alpha value is -2.31. The van der Waals surface area contributed by atoms with Gasteiger partial charge in [0.25, 0.3) is 11.7 Å². The monoisotopic (exact) mass is 319 g/mol. The zero-order chi connectivity index (χ0) is 16.4. The van der Waals surface area contributed by atoms with Crippen molar-refractivity contribution in [2.24, 2.45) is 0 Å². The van der Waals surface area contributed by atoms with Gasteiger partial charge in [-0.25, -0.2) is 8.78 Å². The summed E-state index contributed by atoms with van der Waals surface area (Å²) in [5.41, 5.74) is 0.773. The second-order valence-corrected chi connectivity index (χ2v) is 5.33. The summed E-state index contributed by atoms with van der Waals surface area (Å²) in [5.74, 6) is -5.20. The number of carbonyl (C=O) groups is 1. The molecule has 1 aliphatic heterocycles. The highest BCUT2D eigenvalue weighted by atomic mass is 19.2. The van der Waals surface area contributed by atoms with Crippen LogP contribution < -0.4 is 0 Å². The molecule has 0 bridgehead atoms. The number of rotatable bonds is 3. The van der Waals surface area contributed by atoms with Gasteiger partial charge in [0.2, 0.25) is 0 Å². The molecule has 23 heavy (non-hydrogen) atoms. The Labute approximate surface area is 131 Å². The first kappa shape index (κ1) is 15.6. The molecule has 120 valence electrons. The fraction of sp³-hybridized carbons (Fsp3) is 0.235. The Balaban J connectivity index is 1.87. The number of aliphatic hydroxyl groups is 1. The standard InChI is InChI=1S/C17H15F2NO3/c18-14-7-6-13(10-15(14)19)17(22)16(21)20(8-9-23-17)11-12-4-2-1-3-5-12/h1-7,10,22H,8-9,11H2. The summed E-state index contributed by atoms with van der Waals surface area (Å²) >= 11 is 0. The third kappa shape index (κ3) is 2.95. The third-order valence-corrected chi connectivity index (χ3v) is 3.78. The number of carbonyl (C=O) groups excluding carboxylic acids is 1. The molecule has 1 unspecified atom stereocenters. The van der Waals surface area contributed by atoms with E-state index in [1.165, 1.54) is 4.90 Å². The number of morpholine rings is 1. The van der Waals surface area contributed by atoms with E-state index in [-0.39, 0.29) is 12.2 Å². The lowest BCUT2D eigenvalue weighted by Gasteiger charge is -2.38. The zero-order valence-electron chi connectivity index (χ0n) is 12.2. The minimum absolute atomic E-state index is 0.0913. The Morgan fingerprint density at radius 2 is 1.87 bits per heavy atom. The molecule has 1 amide bonds. The molecule has 1 fully saturated rings. The van der Waals surface area contributed by atoms with Gasteiger partial charge >= 0.3 is 0 Å². The number of benzene rings is 2.